The Morgan fingerprint density at radius 2 is 2.00 bits per heavy atom. The van der Waals surface area contributed by atoms with Crippen LogP contribution in [0.2, 0.25) is 0 Å². The average molecular weight is 166 g/mol. The number of hydrogen-bond acceptors (Lipinski definition) is 3. The lowest BCUT2D eigenvalue weighted by atomic mass is 10.2. The molecule has 0 heterocycles. The summed E-state index contributed by atoms with van der Waals surface area (Å²) in [6.07, 6.45) is -0.587. The van der Waals surface area contributed by atoms with Gasteiger partial charge in [-0.2, -0.15) is 0 Å². The molecule has 66 valence electrons. The molecule has 0 saturated carbocycles. The van der Waals surface area contributed by atoms with Crippen molar-refractivity contribution in [3.05, 3.63) is 29.8 Å². The Labute approximate surface area is 72.2 Å². The fourth-order valence-electron chi connectivity index (χ4n) is 0.990. The highest BCUT2D eigenvalue weighted by molar-refractivity contribution is 5.39. The summed E-state index contributed by atoms with van der Waals surface area (Å²) in [6, 6.07) is 7.16. The lowest BCUT2D eigenvalue weighted by Gasteiger charge is -2.10. The second-order valence-corrected chi connectivity index (χ2v) is 2.63. The molecule has 12 heavy (non-hydrogen) atoms. The van der Waals surface area contributed by atoms with Gasteiger partial charge in [-0.1, -0.05) is 19.1 Å². The van der Waals surface area contributed by atoms with Gasteiger partial charge >= 0.3 is 0 Å². The van der Waals surface area contributed by atoms with E-state index in [1.165, 1.54) is 0 Å². The Morgan fingerprint density at radius 1 is 1.42 bits per heavy atom. The molecule has 1 unspecified atom stereocenters. The van der Waals surface area contributed by atoms with Crippen LogP contribution in [0.25, 0.3) is 0 Å². The summed E-state index contributed by atoms with van der Waals surface area (Å²) >= 11 is 0. The summed E-state index contributed by atoms with van der Waals surface area (Å²) in [5.74, 6) is 0. The van der Waals surface area contributed by atoms with Gasteiger partial charge in [0.2, 0.25) is 0 Å². The summed E-state index contributed by atoms with van der Waals surface area (Å²) in [5.41, 5.74) is 7.05. The molecular weight excluding hydrogens is 152 g/mol. The zero-order valence-electron chi connectivity index (χ0n) is 7.12. The minimum absolute atomic E-state index is 0.587. The van der Waals surface area contributed by atoms with E-state index in [1.807, 2.05) is 19.1 Å². The van der Waals surface area contributed by atoms with E-state index < -0.39 is 6.23 Å². The predicted molar refractivity (Wildman–Crippen MR) is 49.5 cm³/mol. The van der Waals surface area contributed by atoms with E-state index in [0.29, 0.717) is 5.69 Å². The normalized spacial score (nSPS) is 12.8. The van der Waals surface area contributed by atoms with Crippen molar-refractivity contribution in [1.29, 1.82) is 0 Å². The van der Waals surface area contributed by atoms with Crippen LogP contribution >= 0.6 is 0 Å². The first-order valence-corrected chi connectivity index (χ1v) is 4.01. The van der Waals surface area contributed by atoms with E-state index in [-0.39, 0.29) is 0 Å². The van der Waals surface area contributed by atoms with Crippen LogP contribution < -0.4 is 11.1 Å². The molecule has 0 amide bonds. The van der Waals surface area contributed by atoms with E-state index in [4.69, 9.17) is 5.73 Å². The first-order valence-electron chi connectivity index (χ1n) is 4.01. The summed E-state index contributed by atoms with van der Waals surface area (Å²) in [4.78, 5) is 0. The van der Waals surface area contributed by atoms with E-state index in [2.05, 4.69) is 5.32 Å². The number of nitrogens with two attached hydrogens (primary N) is 1. The Kier molecular flexibility index (Phi) is 3.08. The van der Waals surface area contributed by atoms with Crippen LogP contribution in [-0.2, 0) is 0 Å². The molecule has 1 aromatic carbocycles. The van der Waals surface area contributed by atoms with Gasteiger partial charge in [-0.05, 0) is 24.2 Å². The van der Waals surface area contributed by atoms with Crippen LogP contribution in [0.3, 0.4) is 0 Å². The first kappa shape index (κ1) is 9.03. The van der Waals surface area contributed by atoms with Gasteiger partial charge in [-0.25, -0.2) is 0 Å². The van der Waals surface area contributed by atoms with Gasteiger partial charge in [0.15, 0.2) is 0 Å². The lowest BCUT2D eigenvalue weighted by Crippen LogP contribution is -2.19. The molecule has 3 nitrogen and oxygen atoms in total. The minimum Gasteiger partial charge on any atom is -0.399 e. The van der Waals surface area contributed by atoms with Gasteiger partial charge in [-0.3, -0.25) is 5.32 Å². The Hall–Kier alpha value is -1.06. The summed E-state index contributed by atoms with van der Waals surface area (Å²) in [7, 11) is 0. The highest BCUT2D eigenvalue weighted by Crippen LogP contribution is 2.11. The molecule has 0 bridgehead atoms. The van der Waals surface area contributed by atoms with Gasteiger partial charge in [0, 0.05) is 5.69 Å². The fraction of sp³-hybridized carbons (Fsp3) is 0.333. The smallest absolute Gasteiger partial charge is 0.131 e. The highest BCUT2D eigenvalue weighted by atomic mass is 16.3. The molecular formula is C9H14N2O. The maximum Gasteiger partial charge on any atom is 0.131 e. The quantitative estimate of drug-likeness (QED) is 0.461. The van der Waals surface area contributed by atoms with Crippen molar-refractivity contribution in [2.75, 3.05) is 12.3 Å². The van der Waals surface area contributed by atoms with Crippen molar-refractivity contribution >= 4 is 5.69 Å². The summed E-state index contributed by atoms with van der Waals surface area (Å²) in [5, 5.41) is 12.4. The number of aliphatic hydroxyl groups excluding tert-OH is 1. The van der Waals surface area contributed by atoms with Crippen LogP contribution in [0.5, 0.6) is 0 Å². The molecule has 1 rings (SSSR count). The monoisotopic (exact) mass is 166 g/mol. The molecule has 0 radical (unpaired) electrons. The zero-order valence-corrected chi connectivity index (χ0v) is 7.12. The van der Waals surface area contributed by atoms with Gasteiger partial charge in [0.25, 0.3) is 0 Å². The van der Waals surface area contributed by atoms with Crippen LogP contribution in [0, 0.1) is 0 Å². The minimum atomic E-state index is -0.587. The van der Waals surface area contributed by atoms with Crippen molar-refractivity contribution < 1.29 is 5.11 Å². The molecule has 0 fully saturated rings. The predicted octanol–water partition coefficient (Wildman–Crippen LogP) is 0.869. The van der Waals surface area contributed by atoms with Gasteiger partial charge < -0.3 is 10.8 Å². The van der Waals surface area contributed by atoms with Gasteiger partial charge in [0.05, 0.1) is 0 Å². The number of hydrogen-bond donors (Lipinski definition) is 3. The number of rotatable bonds is 3. The van der Waals surface area contributed by atoms with E-state index in [0.717, 1.165) is 12.1 Å². The number of benzene rings is 1. The van der Waals surface area contributed by atoms with Crippen LogP contribution in [-0.4, -0.2) is 11.7 Å². The molecule has 3 heteroatoms. The Balaban J connectivity index is 2.68. The molecule has 1 atom stereocenters. The standard InChI is InChI=1S/C9H14N2O/c1-2-11-9(12)7-3-5-8(10)6-4-7/h3-6,9,11-12H,2,10H2,1H3. The second-order valence-electron chi connectivity index (χ2n) is 2.63. The Bertz CT molecular complexity index is 233. The van der Waals surface area contributed by atoms with Crippen molar-refractivity contribution in [2.24, 2.45) is 0 Å². The topological polar surface area (TPSA) is 58.3 Å². The van der Waals surface area contributed by atoms with Crippen LogP contribution in [0.1, 0.15) is 18.7 Å². The van der Waals surface area contributed by atoms with E-state index in [1.54, 1.807) is 12.1 Å². The highest BCUT2D eigenvalue weighted by Gasteiger charge is 2.03. The maximum absolute atomic E-state index is 9.46. The molecule has 4 N–H and O–H groups in total. The Morgan fingerprint density at radius 3 is 2.50 bits per heavy atom. The molecule has 0 aliphatic rings. The van der Waals surface area contributed by atoms with Crippen molar-refractivity contribution in [3.8, 4) is 0 Å². The third kappa shape index (κ3) is 2.22. The molecule has 0 saturated heterocycles. The zero-order chi connectivity index (χ0) is 8.97. The maximum atomic E-state index is 9.46. The lowest BCUT2D eigenvalue weighted by molar-refractivity contribution is 0.142. The van der Waals surface area contributed by atoms with E-state index in [9.17, 15) is 5.11 Å². The van der Waals surface area contributed by atoms with Crippen molar-refractivity contribution in [3.63, 3.8) is 0 Å². The molecule has 1 aromatic rings. The second kappa shape index (κ2) is 4.09. The molecule has 0 aliphatic heterocycles. The van der Waals surface area contributed by atoms with Crippen LogP contribution in [0.15, 0.2) is 24.3 Å². The van der Waals surface area contributed by atoms with Crippen LogP contribution in [0.4, 0.5) is 5.69 Å². The summed E-state index contributed by atoms with van der Waals surface area (Å²) in [6.45, 7) is 2.69. The van der Waals surface area contributed by atoms with Crippen molar-refractivity contribution in [1.82, 2.24) is 5.32 Å². The molecule has 0 spiro atoms. The van der Waals surface area contributed by atoms with Crippen molar-refractivity contribution in [2.45, 2.75) is 13.2 Å². The molecule has 0 aliphatic carbocycles. The molecule has 0 aromatic heterocycles. The average Bonchev–Trinajstić information content (AvgIpc) is 2.06. The third-order valence-corrected chi connectivity index (χ3v) is 1.65. The largest absolute Gasteiger partial charge is 0.399 e. The van der Waals surface area contributed by atoms with Gasteiger partial charge in [0.1, 0.15) is 6.23 Å². The number of nitrogens with one attached hydrogen (secondary N) is 1. The van der Waals surface area contributed by atoms with E-state index >= 15 is 0 Å². The number of nitrogen functional groups attached to an aromatic ring is 1. The third-order valence-electron chi connectivity index (χ3n) is 1.65. The number of aliphatic hydroxyl groups is 1. The van der Waals surface area contributed by atoms with Gasteiger partial charge in [-0.15, -0.1) is 0 Å². The fourth-order valence-corrected chi connectivity index (χ4v) is 0.990. The first-order chi connectivity index (χ1) is 5.74. The summed E-state index contributed by atoms with van der Waals surface area (Å²) < 4.78 is 0. The SMILES string of the molecule is CCNC(O)c1ccc(N)cc1. The number of anilines is 1.